The monoisotopic (exact) mass is 428 g/mol. The Morgan fingerprint density at radius 2 is 1.65 bits per heavy atom. The normalized spacial score (nSPS) is 15.3. The van der Waals surface area contributed by atoms with Gasteiger partial charge in [0, 0.05) is 24.6 Å². The third kappa shape index (κ3) is 1.62. The molecule has 0 saturated carbocycles. The van der Waals surface area contributed by atoms with E-state index in [0.29, 0.717) is 9.79 Å². The van der Waals surface area contributed by atoms with Crippen molar-refractivity contribution in [3.05, 3.63) is 45.3 Å². The van der Waals surface area contributed by atoms with Crippen LogP contribution in [0.2, 0.25) is 0 Å². The maximum absolute atomic E-state index is 12.8. The van der Waals surface area contributed by atoms with Crippen LogP contribution in [0.25, 0.3) is 20.5 Å². The Morgan fingerprint density at radius 3 is 2.45 bits per heavy atom. The summed E-state index contributed by atoms with van der Waals surface area (Å²) in [6.45, 7) is 0. The molecule has 4 rings (SSSR count). The SMILES string of the molecule is O=S1(=O)c2cc(Br)ccc2-c2sc3cc(Br)ccc3c21. The average Bonchev–Trinajstić information content (AvgIpc) is 2.85. The van der Waals surface area contributed by atoms with Crippen LogP contribution in [-0.2, 0) is 9.84 Å². The molecule has 1 aromatic heterocycles. The van der Waals surface area contributed by atoms with Crippen LogP contribution < -0.4 is 0 Å². The summed E-state index contributed by atoms with van der Waals surface area (Å²) in [6, 6.07) is 11.1. The third-order valence-corrected chi connectivity index (χ3v) is 7.53. The summed E-state index contributed by atoms with van der Waals surface area (Å²) < 4.78 is 28.2. The van der Waals surface area contributed by atoms with Crippen LogP contribution in [0.4, 0.5) is 0 Å². The van der Waals surface area contributed by atoms with Gasteiger partial charge >= 0.3 is 0 Å². The van der Waals surface area contributed by atoms with Gasteiger partial charge in [0.05, 0.1) is 14.7 Å². The number of halogens is 2. The third-order valence-electron chi connectivity index (χ3n) is 3.35. The summed E-state index contributed by atoms with van der Waals surface area (Å²) in [6.07, 6.45) is 0. The Kier molecular flexibility index (Phi) is 2.71. The highest BCUT2D eigenvalue weighted by molar-refractivity contribution is 9.10. The largest absolute Gasteiger partial charge is 0.218 e. The van der Waals surface area contributed by atoms with Gasteiger partial charge in [0.15, 0.2) is 0 Å². The summed E-state index contributed by atoms with van der Waals surface area (Å²) in [5.41, 5.74) is 0.806. The van der Waals surface area contributed by atoms with E-state index in [0.717, 1.165) is 29.5 Å². The molecule has 2 aromatic carbocycles. The maximum Gasteiger partial charge on any atom is 0.209 e. The second-order valence-corrected chi connectivity index (χ2v) is 9.28. The fraction of sp³-hybridized carbons (Fsp3) is 0. The zero-order valence-electron chi connectivity index (χ0n) is 9.85. The zero-order valence-corrected chi connectivity index (χ0v) is 14.7. The predicted octanol–water partition coefficient (Wildman–Crippen LogP) is 5.24. The second-order valence-electron chi connectivity index (χ2n) is 4.54. The lowest BCUT2D eigenvalue weighted by Crippen LogP contribution is -1.96. The van der Waals surface area contributed by atoms with Crippen LogP contribution in [0.5, 0.6) is 0 Å². The molecule has 0 N–H and O–H groups in total. The van der Waals surface area contributed by atoms with Crippen LogP contribution in [0.1, 0.15) is 0 Å². The van der Waals surface area contributed by atoms with Gasteiger partial charge in [-0.1, -0.05) is 44.0 Å². The fourth-order valence-corrected chi connectivity index (χ4v) is 7.08. The van der Waals surface area contributed by atoms with Crippen molar-refractivity contribution in [2.75, 3.05) is 0 Å². The van der Waals surface area contributed by atoms with Crippen molar-refractivity contribution in [2.24, 2.45) is 0 Å². The molecule has 0 radical (unpaired) electrons. The van der Waals surface area contributed by atoms with E-state index in [9.17, 15) is 8.42 Å². The number of hydrogen-bond donors (Lipinski definition) is 0. The first-order valence-corrected chi connectivity index (χ1v) is 9.64. The van der Waals surface area contributed by atoms with Gasteiger partial charge in [0.2, 0.25) is 9.84 Å². The Bertz CT molecular complexity index is 988. The summed E-state index contributed by atoms with van der Waals surface area (Å²) in [5, 5.41) is 0.806. The van der Waals surface area contributed by atoms with Gasteiger partial charge < -0.3 is 0 Å². The van der Waals surface area contributed by atoms with Crippen molar-refractivity contribution in [1.29, 1.82) is 0 Å². The Hall–Kier alpha value is -0.690. The van der Waals surface area contributed by atoms with Crippen molar-refractivity contribution >= 4 is 63.1 Å². The summed E-state index contributed by atoms with van der Waals surface area (Å²) in [7, 11) is -3.42. The van der Waals surface area contributed by atoms with Crippen molar-refractivity contribution in [3.63, 3.8) is 0 Å². The van der Waals surface area contributed by atoms with Crippen molar-refractivity contribution in [2.45, 2.75) is 9.79 Å². The number of benzene rings is 2. The summed E-state index contributed by atoms with van der Waals surface area (Å²) in [4.78, 5) is 1.71. The highest BCUT2D eigenvalue weighted by Gasteiger charge is 2.36. The molecule has 20 heavy (non-hydrogen) atoms. The Balaban J connectivity index is 2.20. The number of sulfone groups is 1. The second kappa shape index (κ2) is 4.16. The number of hydrogen-bond acceptors (Lipinski definition) is 3. The topological polar surface area (TPSA) is 34.1 Å². The van der Waals surface area contributed by atoms with Crippen LogP contribution >= 0.6 is 43.2 Å². The number of rotatable bonds is 0. The molecule has 0 fully saturated rings. The van der Waals surface area contributed by atoms with Crippen LogP contribution in [0.15, 0.2) is 55.1 Å². The molecule has 0 amide bonds. The molecule has 0 bridgehead atoms. The van der Waals surface area contributed by atoms with Crippen molar-refractivity contribution in [1.82, 2.24) is 0 Å². The minimum atomic E-state index is -3.42. The Labute approximate surface area is 136 Å². The van der Waals surface area contributed by atoms with Gasteiger partial charge in [-0.25, -0.2) is 8.42 Å². The first kappa shape index (κ1) is 13.0. The molecule has 0 saturated heterocycles. The molecule has 0 spiro atoms. The van der Waals surface area contributed by atoms with Crippen LogP contribution in [0, 0.1) is 0 Å². The highest BCUT2D eigenvalue weighted by Crippen LogP contribution is 2.52. The molecule has 3 aromatic rings. The quantitative estimate of drug-likeness (QED) is 0.383. The Morgan fingerprint density at radius 1 is 0.950 bits per heavy atom. The molecule has 2 nitrogen and oxygen atoms in total. The van der Waals surface area contributed by atoms with E-state index in [1.807, 2.05) is 30.3 Å². The summed E-state index contributed by atoms with van der Waals surface area (Å²) in [5.74, 6) is 0. The molecule has 0 atom stereocenters. The van der Waals surface area contributed by atoms with Gasteiger partial charge in [-0.3, -0.25) is 0 Å². The predicted molar refractivity (Wildman–Crippen MR) is 88.1 cm³/mol. The molecule has 1 aliphatic rings. The van der Waals surface area contributed by atoms with Gasteiger partial charge in [0.1, 0.15) is 0 Å². The molecular weight excluding hydrogens is 424 g/mol. The minimum Gasteiger partial charge on any atom is -0.218 e. The van der Waals surface area contributed by atoms with E-state index in [1.165, 1.54) is 11.3 Å². The van der Waals surface area contributed by atoms with Crippen LogP contribution in [0.3, 0.4) is 0 Å². The minimum absolute atomic E-state index is 0.401. The molecule has 0 unspecified atom stereocenters. The lowest BCUT2D eigenvalue weighted by atomic mass is 10.1. The summed E-state index contributed by atoms with van der Waals surface area (Å²) >= 11 is 8.30. The lowest BCUT2D eigenvalue weighted by Gasteiger charge is -2.01. The van der Waals surface area contributed by atoms with Crippen molar-refractivity contribution in [3.8, 4) is 10.4 Å². The lowest BCUT2D eigenvalue weighted by molar-refractivity contribution is 0.599. The smallest absolute Gasteiger partial charge is 0.209 e. The molecule has 100 valence electrons. The van der Waals surface area contributed by atoms with E-state index in [2.05, 4.69) is 31.9 Å². The van der Waals surface area contributed by atoms with E-state index >= 15 is 0 Å². The van der Waals surface area contributed by atoms with Gasteiger partial charge in [0.25, 0.3) is 0 Å². The molecule has 0 aliphatic carbocycles. The molecule has 2 heterocycles. The van der Waals surface area contributed by atoms with E-state index in [4.69, 9.17) is 0 Å². The first-order valence-electron chi connectivity index (χ1n) is 5.75. The number of fused-ring (bicyclic) bond motifs is 5. The molecule has 6 heteroatoms. The average molecular weight is 430 g/mol. The van der Waals surface area contributed by atoms with Crippen LogP contribution in [-0.4, -0.2) is 8.42 Å². The molecule has 1 aliphatic heterocycles. The fourth-order valence-electron chi connectivity index (χ4n) is 2.51. The number of thiophene rings is 1. The van der Waals surface area contributed by atoms with E-state index < -0.39 is 9.84 Å². The van der Waals surface area contributed by atoms with E-state index in [-0.39, 0.29) is 0 Å². The highest BCUT2D eigenvalue weighted by atomic mass is 79.9. The van der Waals surface area contributed by atoms with Gasteiger partial charge in [-0.05, 0) is 24.3 Å². The van der Waals surface area contributed by atoms with Gasteiger partial charge in [-0.15, -0.1) is 11.3 Å². The van der Waals surface area contributed by atoms with Crippen molar-refractivity contribution < 1.29 is 8.42 Å². The zero-order chi connectivity index (χ0) is 14.1. The van der Waals surface area contributed by atoms with E-state index in [1.54, 1.807) is 6.07 Å². The standard InChI is InChI=1S/C14H6Br2O2S2/c15-7-1-3-9-11(5-7)19-13-10-4-2-8(16)6-12(10)20(17,18)14(9)13/h1-6H. The first-order chi connectivity index (χ1) is 9.48. The van der Waals surface area contributed by atoms with Gasteiger partial charge in [-0.2, -0.15) is 0 Å². The maximum atomic E-state index is 12.8. The molecular formula is C14H6Br2O2S2.